The minimum Gasteiger partial charge on any atom is -0.425 e. The number of carbonyl (C=O) groups excluding carboxylic acids is 3. The molecule has 8 nitrogen and oxygen atoms in total. The molecule has 0 saturated carbocycles. The highest BCUT2D eigenvalue weighted by Crippen LogP contribution is 2.40. The summed E-state index contributed by atoms with van der Waals surface area (Å²) in [6, 6.07) is 0. The zero-order valence-electron chi connectivity index (χ0n) is 13.9. The monoisotopic (exact) mass is 351 g/mol. The first-order valence-electron chi connectivity index (χ1n) is 7.66. The highest BCUT2D eigenvalue weighted by atomic mass is 31.2. The number of hydrogen-bond donors (Lipinski definition) is 2. The molecule has 0 rings (SSSR count). The van der Waals surface area contributed by atoms with E-state index >= 15 is 0 Å². The third-order valence-corrected chi connectivity index (χ3v) is 4.60. The molecule has 0 saturated heterocycles. The second kappa shape index (κ2) is 11.2. The third-order valence-electron chi connectivity index (χ3n) is 2.74. The average molecular weight is 351 g/mol. The van der Waals surface area contributed by atoms with Crippen LogP contribution in [-0.4, -0.2) is 47.9 Å². The van der Waals surface area contributed by atoms with E-state index in [1.54, 1.807) is 0 Å². The molecule has 134 valence electrons. The van der Waals surface area contributed by atoms with Crippen molar-refractivity contribution >= 4 is 25.2 Å². The van der Waals surface area contributed by atoms with Crippen LogP contribution in [0.2, 0.25) is 0 Å². The number of hydrogen-bond acceptors (Lipinski definition) is 6. The average Bonchev–Trinajstić information content (AvgIpc) is 2.42. The van der Waals surface area contributed by atoms with Gasteiger partial charge in [0.25, 0.3) is 0 Å². The summed E-state index contributed by atoms with van der Waals surface area (Å²) in [7, 11) is -3.49. The standard InChI is InChI=1S/C14H26NO7P/c1-4-6-8-23(19,20)10-12(16)9-15-14(18)22-11(3)21-13(17)7-5-2/h11H,4-10H2,1-3H3,(H,15,18)(H,19,20). The topological polar surface area (TPSA) is 119 Å². The summed E-state index contributed by atoms with van der Waals surface area (Å²) in [5.74, 6) is -1.04. The zero-order chi connectivity index (χ0) is 17.9. The third kappa shape index (κ3) is 11.8. The van der Waals surface area contributed by atoms with E-state index in [9.17, 15) is 23.8 Å². The summed E-state index contributed by atoms with van der Waals surface area (Å²) in [5, 5.41) is 2.16. The predicted molar refractivity (Wildman–Crippen MR) is 84.4 cm³/mol. The fourth-order valence-electron chi connectivity index (χ4n) is 1.65. The maximum absolute atomic E-state index is 11.7. The SMILES string of the molecule is CCCCP(=O)(O)CC(=O)CNC(=O)OC(C)OC(=O)CCC. The van der Waals surface area contributed by atoms with Crippen molar-refractivity contribution in [2.45, 2.75) is 52.7 Å². The number of nitrogens with one attached hydrogen (secondary N) is 1. The molecular formula is C14H26NO7P. The maximum Gasteiger partial charge on any atom is 0.410 e. The van der Waals surface area contributed by atoms with Crippen molar-refractivity contribution in [2.24, 2.45) is 0 Å². The summed E-state index contributed by atoms with van der Waals surface area (Å²) in [6.45, 7) is 4.66. The van der Waals surface area contributed by atoms with Crippen LogP contribution in [0.15, 0.2) is 0 Å². The van der Waals surface area contributed by atoms with Crippen LogP contribution in [-0.2, 0) is 23.6 Å². The Morgan fingerprint density at radius 3 is 2.39 bits per heavy atom. The number of carbonyl (C=O) groups is 3. The number of unbranched alkanes of at least 4 members (excludes halogenated alkanes) is 1. The van der Waals surface area contributed by atoms with Crippen molar-refractivity contribution in [3.63, 3.8) is 0 Å². The summed E-state index contributed by atoms with van der Waals surface area (Å²) in [5.41, 5.74) is 0. The lowest BCUT2D eigenvalue weighted by molar-refractivity contribution is -0.164. The highest BCUT2D eigenvalue weighted by molar-refractivity contribution is 7.58. The van der Waals surface area contributed by atoms with Gasteiger partial charge >= 0.3 is 12.1 Å². The van der Waals surface area contributed by atoms with Crippen molar-refractivity contribution in [3.8, 4) is 0 Å². The van der Waals surface area contributed by atoms with Crippen LogP contribution in [0.1, 0.15) is 46.5 Å². The molecule has 0 spiro atoms. The van der Waals surface area contributed by atoms with Crippen molar-refractivity contribution in [1.29, 1.82) is 0 Å². The smallest absolute Gasteiger partial charge is 0.410 e. The Morgan fingerprint density at radius 2 is 1.83 bits per heavy atom. The van der Waals surface area contributed by atoms with Crippen LogP contribution < -0.4 is 5.32 Å². The fraction of sp³-hybridized carbons (Fsp3) is 0.786. The van der Waals surface area contributed by atoms with Gasteiger partial charge in [-0.3, -0.25) is 14.2 Å². The molecule has 0 aliphatic rings. The molecule has 2 N–H and O–H groups in total. The molecule has 2 unspecified atom stereocenters. The molecule has 0 aliphatic heterocycles. The van der Waals surface area contributed by atoms with Crippen LogP contribution in [0.25, 0.3) is 0 Å². The van der Waals surface area contributed by atoms with Gasteiger partial charge in [-0.15, -0.1) is 0 Å². The van der Waals surface area contributed by atoms with E-state index in [0.717, 1.165) is 6.42 Å². The Kier molecular flexibility index (Phi) is 10.5. The van der Waals surface area contributed by atoms with Gasteiger partial charge in [-0.05, 0) is 12.8 Å². The van der Waals surface area contributed by atoms with Gasteiger partial charge in [-0.2, -0.15) is 0 Å². The van der Waals surface area contributed by atoms with Crippen molar-refractivity contribution in [2.75, 3.05) is 18.9 Å². The summed E-state index contributed by atoms with van der Waals surface area (Å²) in [4.78, 5) is 43.8. The molecule has 0 fully saturated rings. The van der Waals surface area contributed by atoms with Gasteiger partial charge in [0.05, 0.1) is 12.7 Å². The van der Waals surface area contributed by atoms with Crippen molar-refractivity contribution in [3.05, 3.63) is 0 Å². The molecule has 0 aromatic rings. The zero-order valence-corrected chi connectivity index (χ0v) is 14.8. The van der Waals surface area contributed by atoms with Crippen molar-refractivity contribution < 1.29 is 33.3 Å². The molecule has 0 bridgehead atoms. The lowest BCUT2D eigenvalue weighted by Crippen LogP contribution is -2.34. The van der Waals surface area contributed by atoms with E-state index in [4.69, 9.17) is 9.47 Å². The van der Waals surface area contributed by atoms with Gasteiger partial charge in [0, 0.05) is 19.5 Å². The Morgan fingerprint density at radius 1 is 1.17 bits per heavy atom. The summed E-state index contributed by atoms with van der Waals surface area (Å²) in [6.07, 6.45) is -0.231. The van der Waals surface area contributed by atoms with Gasteiger partial charge in [-0.1, -0.05) is 20.3 Å². The molecule has 0 aliphatic carbocycles. The molecule has 2 atom stereocenters. The van der Waals surface area contributed by atoms with Crippen LogP contribution >= 0.6 is 7.37 Å². The van der Waals surface area contributed by atoms with Gasteiger partial charge in [0.2, 0.25) is 13.7 Å². The van der Waals surface area contributed by atoms with Gasteiger partial charge in [0.1, 0.15) is 0 Å². The van der Waals surface area contributed by atoms with Gasteiger partial charge < -0.3 is 19.7 Å². The van der Waals surface area contributed by atoms with E-state index in [2.05, 4.69) is 5.32 Å². The molecule has 0 heterocycles. The fourth-order valence-corrected chi connectivity index (χ4v) is 3.28. The second-order valence-corrected chi connectivity index (χ2v) is 7.64. The molecular weight excluding hydrogens is 325 g/mol. The molecule has 23 heavy (non-hydrogen) atoms. The molecule has 0 aromatic heterocycles. The maximum atomic E-state index is 11.7. The minimum atomic E-state index is -3.49. The first kappa shape index (κ1) is 21.6. The number of rotatable bonds is 11. The number of amides is 1. The Bertz CT molecular complexity index is 452. The Labute approximate surface area is 136 Å². The number of ketones is 1. The van der Waals surface area contributed by atoms with Crippen LogP contribution in [0, 0.1) is 0 Å². The van der Waals surface area contributed by atoms with Gasteiger partial charge in [0.15, 0.2) is 5.78 Å². The summed E-state index contributed by atoms with van der Waals surface area (Å²) < 4.78 is 21.3. The lowest BCUT2D eigenvalue weighted by Gasteiger charge is -2.14. The van der Waals surface area contributed by atoms with E-state index in [0.29, 0.717) is 12.8 Å². The second-order valence-electron chi connectivity index (χ2n) is 5.19. The highest BCUT2D eigenvalue weighted by Gasteiger charge is 2.22. The molecule has 9 heteroatoms. The first-order chi connectivity index (χ1) is 10.7. The molecule has 0 aromatic carbocycles. The molecule has 0 radical (unpaired) electrons. The Balaban J connectivity index is 4.06. The van der Waals surface area contributed by atoms with E-state index in [1.807, 2.05) is 13.8 Å². The van der Waals surface area contributed by atoms with Crippen LogP contribution in [0.4, 0.5) is 4.79 Å². The Hall–Kier alpha value is -1.40. The van der Waals surface area contributed by atoms with E-state index < -0.39 is 44.2 Å². The van der Waals surface area contributed by atoms with E-state index in [1.165, 1.54) is 6.92 Å². The normalized spacial score (nSPS) is 14.4. The lowest BCUT2D eigenvalue weighted by atomic mass is 10.3. The predicted octanol–water partition coefficient (Wildman–Crippen LogP) is 2.04. The quantitative estimate of drug-likeness (QED) is 0.332. The number of Topliss-reactive ketones (excluding diaryl/α,β-unsaturated/α-hetero) is 1. The van der Waals surface area contributed by atoms with Crippen molar-refractivity contribution in [1.82, 2.24) is 5.32 Å². The minimum absolute atomic E-state index is 0.0874. The van der Waals surface area contributed by atoms with E-state index in [-0.39, 0.29) is 12.6 Å². The molecule has 1 amide bonds. The number of ether oxygens (including phenoxy) is 2. The summed E-state index contributed by atoms with van der Waals surface area (Å²) >= 11 is 0. The van der Waals surface area contributed by atoms with Gasteiger partial charge in [-0.25, -0.2) is 4.79 Å². The number of alkyl carbamates (subject to hydrolysis) is 1. The number of esters is 1. The first-order valence-corrected chi connectivity index (χ1v) is 9.69. The van der Waals surface area contributed by atoms with Crippen LogP contribution in [0.3, 0.4) is 0 Å². The van der Waals surface area contributed by atoms with Crippen LogP contribution in [0.5, 0.6) is 0 Å². The largest absolute Gasteiger partial charge is 0.425 e.